The Labute approximate surface area is 127 Å². The largest absolute Gasteiger partial charge is 0.485 e. The van der Waals surface area contributed by atoms with Crippen LogP contribution in [0.4, 0.5) is 0 Å². The van der Waals surface area contributed by atoms with Gasteiger partial charge in [0, 0.05) is 16.5 Å². The highest BCUT2D eigenvalue weighted by Gasteiger charge is 2.28. The predicted molar refractivity (Wildman–Crippen MR) is 82.9 cm³/mol. The molecule has 1 unspecified atom stereocenters. The number of rotatable bonds is 2. The van der Waals surface area contributed by atoms with E-state index in [1.165, 1.54) is 5.56 Å². The zero-order valence-electron chi connectivity index (χ0n) is 11.3. The summed E-state index contributed by atoms with van der Waals surface area (Å²) in [6.45, 7) is 2.14. The summed E-state index contributed by atoms with van der Waals surface area (Å²) >= 11 is 3.43. The fraction of sp³-hybridized carbons (Fsp3) is 0.294. The van der Waals surface area contributed by atoms with Crippen molar-refractivity contribution in [2.45, 2.75) is 32.0 Å². The molecule has 0 saturated heterocycles. The molecule has 2 atom stereocenters. The van der Waals surface area contributed by atoms with E-state index in [9.17, 15) is 5.11 Å². The molecular formula is C17H17BrO2. The van der Waals surface area contributed by atoms with Crippen molar-refractivity contribution < 1.29 is 9.84 Å². The molecular weight excluding hydrogens is 316 g/mol. The van der Waals surface area contributed by atoms with Crippen LogP contribution in [0.25, 0.3) is 0 Å². The minimum Gasteiger partial charge on any atom is -0.485 e. The van der Waals surface area contributed by atoms with E-state index in [2.05, 4.69) is 47.1 Å². The molecule has 2 nitrogen and oxygen atoms in total. The third-order valence-corrected chi connectivity index (χ3v) is 4.29. The van der Waals surface area contributed by atoms with Crippen molar-refractivity contribution in [1.29, 1.82) is 0 Å². The average Bonchev–Trinajstić information content (AvgIpc) is 2.48. The summed E-state index contributed by atoms with van der Waals surface area (Å²) in [5, 5.41) is 10.3. The van der Waals surface area contributed by atoms with Gasteiger partial charge in [-0.15, -0.1) is 0 Å². The van der Waals surface area contributed by atoms with E-state index < -0.39 is 6.10 Å². The second kappa shape index (κ2) is 5.58. The van der Waals surface area contributed by atoms with Gasteiger partial charge >= 0.3 is 0 Å². The van der Waals surface area contributed by atoms with Gasteiger partial charge in [0.15, 0.2) is 0 Å². The molecule has 0 bridgehead atoms. The van der Waals surface area contributed by atoms with Gasteiger partial charge < -0.3 is 9.84 Å². The Morgan fingerprint density at radius 2 is 1.95 bits per heavy atom. The first kappa shape index (κ1) is 13.7. The Bertz CT molecular complexity index is 607. The number of benzene rings is 2. The van der Waals surface area contributed by atoms with Crippen LogP contribution < -0.4 is 4.74 Å². The van der Waals surface area contributed by atoms with Crippen molar-refractivity contribution in [1.82, 2.24) is 0 Å². The fourth-order valence-corrected chi connectivity index (χ4v) is 2.97. The normalized spacial score (nSPS) is 21.1. The minimum absolute atomic E-state index is 0.0791. The van der Waals surface area contributed by atoms with Crippen LogP contribution in [0.1, 0.15) is 42.2 Å². The maximum absolute atomic E-state index is 10.3. The zero-order valence-corrected chi connectivity index (χ0v) is 12.9. The molecule has 0 aromatic heterocycles. The van der Waals surface area contributed by atoms with Crippen LogP contribution in [0.5, 0.6) is 5.75 Å². The van der Waals surface area contributed by atoms with Crippen molar-refractivity contribution in [3.05, 3.63) is 63.6 Å². The number of halogens is 1. The topological polar surface area (TPSA) is 29.5 Å². The summed E-state index contributed by atoms with van der Waals surface area (Å²) in [7, 11) is 0. The molecule has 1 aliphatic rings. The maximum atomic E-state index is 10.3. The monoisotopic (exact) mass is 332 g/mol. The van der Waals surface area contributed by atoms with Crippen LogP contribution in [0.3, 0.4) is 0 Å². The second-order valence-corrected chi connectivity index (χ2v) is 6.05. The second-order valence-electron chi connectivity index (χ2n) is 5.14. The number of aryl methyl sites for hydroxylation is 1. The lowest BCUT2D eigenvalue weighted by atomic mass is 9.94. The summed E-state index contributed by atoms with van der Waals surface area (Å²) < 4.78 is 7.00. The molecule has 0 fully saturated rings. The first-order valence-corrected chi connectivity index (χ1v) is 7.69. The van der Waals surface area contributed by atoms with Gasteiger partial charge in [-0.3, -0.25) is 0 Å². The molecule has 104 valence electrons. The molecule has 1 aliphatic heterocycles. The van der Waals surface area contributed by atoms with E-state index in [0.29, 0.717) is 6.42 Å². The van der Waals surface area contributed by atoms with Crippen LogP contribution in [-0.4, -0.2) is 5.11 Å². The standard InChI is InChI=1S/C17H17BrO2/c1-2-11-3-5-12(6-4-11)17-10-15(19)14-9-13(18)7-8-16(14)20-17/h3-9,15,17,19H,2,10H2,1H3/t15-,17?/m1/s1. The summed E-state index contributed by atoms with van der Waals surface area (Å²) in [5.74, 6) is 0.775. The highest BCUT2D eigenvalue weighted by molar-refractivity contribution is 9.10. The molecule has 0 radical (unpaired) electrons. The van der Waals surface area contributed by atoms with Crippen LogP contribution in [0, 0.1) is 0 Å². The van der Waals surface area contributed by atoms with E-state index in [1.807, 2.05) is 18.2 Å². The molecule has 1 heterocycles. The van der Waals surface area contributed by atoms with E-state index in [1.54, 1.807) is 0 Å². The van der Waals surface area contributed by atoms with Gasteiger partial charge in [-0.2, -0.15) is 0 Å². The molecule has 3 rings (SSSR count). The van der Waals surface area contributed by atoms with Gasteiger partial charge in [0.05, 0.1) is 6.10 Å². The molecule has 2 aromatic carbocycles. The lowest BCUT2D eigenvalue weighted by Crippen LogP contribution is -2.19. The number of fused-ring (bicyclic) bond motifs is 1. The Morgan fingerprint density at radius 3 is 2.65 bits per heavy atom. The Kier molecular flexibility index (Phi) is 3.81. The van der Waals surface area contributed by atoms with Crippen LogP contribution in [-0.2, 0) is 6.42 Å². The third-order valence-electron chi connectivity index (χ3n) is 3.80. The quantitative estimate of drug-likeness (QED) is 0.872. The SMILES string of the molecule is CCc1ccc(C2C[C@@H](O)c3cc(Br)ccc3O2)cc1. The minimum atomic E-state index is -0.480. The third kappa shape index (κ3) is 2.60. The van der Waals surface area contributed by atoms with Gasteiger partial charge in [-0.25, -0.2) is 0 Å². The molecule has 0 amide bonds. The molecule has 0 saturated carbocycles. The maximum Gasteiger partial charge on any atom is 0.127 e. The summed E-state index contributed by atoms with van der Waals surface area (Å²) in [6.07, 6.45) is 1.07. The van der Waals surface area contributed by atoms with E-state index in [0.717, 1.165) is 27.8 Å². The fourth-order valence-electron chi connectivity index (χ4n) is 2.59. The highest BCUT2D eigenvalue weighted by Crippen LogP contribution is 2.41. The van der Waals surface area contributed by atoms with Gasteiger partial charge in [0.1, 0.15) is 11.9 Å². The molecule has 1 N–H and O–H groups in total. The number of aliphatic hydroxyl groups excluding tert-OH is 1. The van der Waals surface area contributed by atoms with Gasteiger partial charge in [-0.1, -0.05) is 47.1 Å². The molecule has 20 heavy (non-hydrogen) atoms. The van der Waals surface area contributed by atoms with Crippen molar-refractivity contribution in [3.8, 4) is 5.75 Å². The summed E-state index contributed by atoms with van der Waals surface area (Å²) in [6, 6.07) is 14.2. The van der Waals surface area contributed by atoms with Crippen molar-refractivity contribution >= 4 is 15.9 Å². The van der Waals surface area contributed by atoms with Gasteiger partial charge in [0.25, 0.3) is 0 Å². The smallest absolute Gasteiger partial charge is 0.127 e. The van der Waals surface area contributed by atoms with E-state index >= 15 is 0 Å². The van der Waals surface area contributed by atoms with Crippen LogP contribution in [0.15, 0.2) is 46.9 Å². The Morgan fingerprint density at radius 1 is 1.20 bits per heavy atom. The van der Waals surface area contributed by atoms with Crippen molar-refractivity contribution in [3.63, 3.8) is 0 Å². The lowest BCUT2D eigenvalue weighted by molar-refractivity contribution is 0.0657. The van der Waals surface area contributed by atoms with E-state index in [-0.39, 0.29) is 6.10 Å². The van der Waals surface area contributed by atoms with Crippen LogP contribution in [0.2, 0.25) is 0 Å². The lowest BCUT2D eigenvalue weighted by Gasteiger charge is -2.30. The number of hydrogen-bond acceptors (Lipinski definition) is 2. The van der Waals surface area contributed by atoms with Crippen molar-refractivity contribution in [2.75, 3.05) is 0 Å². The number of aliphatic hydroxyl groups is 1. The zero-order chi connectivity index (χ0) is 14.1. The Hall–Kier alpha value is -1.32. The van der Waals surface area contributed by atoms with Crippen LogP contribution >= 0.6 is 15.9 Å². The Balaban J connectivity index is 1.88. The average molecular weight is 333 g/mol. The first-order chi connectivity index (χ1) is 9.67. The molecule has 2 aromatic rings. The predicted octanol–water partition coefficient (Wildman–Crippen LogP) is 4.57. The number of ether oxygens (including phenoxy) is 1. The van der Waals surface area contributed by atoms with E-state index in [4.69, 9.17) is 4.74 Å². The summed E-state index contributed by atoms with van der Waals surface area (Å²) in [5.41, 5.74) is 3.30. The number of hydrogen-bond donors (Lipinski definition) is 1. The van der Waals surface area contributed by atoms with Gasteiger partial charge in [0.2, 0.25) is 0 Å². The molecule has 0 spiro atoms. The molecule has 3 heteroatoms. The molecule has 0 aliphatic carbocycles. The van der Waals surface area contributed by atoms with Crippen molar-refractivity contribution in [2.24, 2.45) is 0 Å². The van der Waals surface area contributed by atoms with Gasteiger partial charge in [-0.05, 0) is 35.7 Å². The highest BCUT2D eigenvalue weighted by atomic mass is 79.9. The first-order valence-electron chi connectivity index (χ1n) is 6.90. The summed E-state index contributed by atoms with van der Waals surface area (Å²) in [4.78, 5) is 0.